The van der Waals surface area contributed by atoms with Crippen molar-refractivity contribution in [1.82, 2.24) is 15.4 Å². The number of para-hydroxylation sites is 1. The van der Waals surface area contributed by atoms with Gasteiger partial charge in [-0.05, 0) is 30.3 Å². The van der Waals surface area contributed by atoms with E-state index < -0.39 is 16.9 Å². The van der Waals surface area contributed by atoms with Crippen LogP contribution >= 0.6 is 0 Å². The Morgan fingerprint density at radius 3 is 2.45 bits per heavy atom. The summed E-state index contributed by atoms with van der Waals surface area (Å²) >= 11 is 0. The van der Waals surface area contributed by atoms with Crippen molar-refractivity contribution in [3.63, 3.8) is 0 Å². The summed E-state index contributed by atoms with van der Waals surface area (Å²) in [6.07, 6.45) is 3.60. The molecule has 3 amide bonds. The summed E-state index contributed by atoms with van der Waals surface area (Å²) in [4.78, 5) is 34.9. The van der Waals surface area contributed by atoms with Crippen molar-refractivity contribution in [2.45, 2.75) is 0 Å². The van der Waals surface area contributed by atoms with Crippen molar-refractivity contribution in [3.8, 4) is 11.4 Å². The number of hydrogen-bond donors (Lipinski definition) is 3. The van der Waals surface area contributed by atoms with E-state index in [0.717, 1.165) is 0 Å². The summed E-state index contributed by atoms with van der Waals surface area (Å²) in [7, 11) is 1.32. The Kier molecular flexibility index (Phi) is 5.74. The summed E-state index contributed by atoms with van der Waals surface area (Å²) in [5.74, 6) is -0.404. The zero-order valence-electron chi connectivity index (χ0n) is 15.3. The third-order valence-corrected chi connectivity index (χ3v) is 3.96. The molecule has 1 aromatic heterocycles. The molecule has 0 bridgehead atoms. The first-order chi connectivity index (χ1) is 14.0. The van der Waals surface area contributed by atoms with Crippen molar-refractivity contribution in [3.05, 3.63) is 82.7 Å². The molecule has 10 nitrogen and oxygen atoms in total. The fourth-order valence-corrected chi connectivity index (χ4v) is 2.62. The number of anilines is 1. The number of non-ortho nitro benzene ring substituents is 1. The topological polar surface area (TPSA) is 128 Å². The zero-order valence-corrected chi connectivity index (χ0v) is 15.3. The number of carbonyl (C=O) groups excluding carboxylic acids is 2. The minimum atomic E-state index is -0.746. The highest BCUT2D eigenvalue weighted by atomic mass is 16.6. The van der Waals surface area contributed by atoms with E-state index in [0.29, 0.717) is 11.3 Å². The Morgan fingerprint density at radius 2 is 1.76 bits per heavy atom. The number of nitrogens with zero attached hydrogens (tertiary/aromatic N) is 2. The van der Waals surface area contributed by atoms with Gasteiger partial charge in [0.15, 0.2) is 0 Å². The predicted molar refractivity (Wildman–Crippen MR) is 105 cm³/mol. The largest absolute Gasteiger partial charge is 0.494 e. The third kappa shape index (κ3) is 4.50. The first-order valence-electron chi connectivity index (χ1n) is 8.41. The molecular weight excluding hydrogens is 378 g/mol. The van der Waals surface area contributed by atoms with Crippen molar-refractivity contribution < 1.29 is 19.2 Å². The number of hydrogen-bond acceptors (Lipinski definition) is 5. The van der Waals surface area contributed by atoms with Gasteiger partial charge in [0.2, 0.25) is 0 Å². The molecule has 3 rings (SSSR count). The Balaban J connectivity index is 1.66. The SMILES string of the molecule is COc1cc([N+](=O)[O-])ccc1NC(=O)NNC(=O)c1ccccc1-n1cccc1. The maximum Gasteiger partial charge on any atom is 0.338 e. The molecule has 0 unspecified atom stereocenters. The zero-order chi connectivity index (χ0) is 20.8. The Hall–Kier alpha value is -4.34. The molecule has 1 heterocycles. The number of methoxy groups -OCH3 is 1. The molecule has 3 N–H and O–H groups in total. The standard InChI is InChI=1S/C19H17N5O5/c1-29-17-12-13(24(27)28)8-9-15(17)20-19(26)22-21-18(25)14-6-2-3-7-16(14)23-10-4-5-11-23/h2-12H,1H3,(H,21,25)(H2,20,22,26). The minimum Gasteiger partial charge on any atom is -0.494 e. The van der Waals surface area contributed by atoms with Crippen LogP contribution in [0.2, 0.25) is 0 Å². The van der Waals surface area contributed by atoms with Crippen LogP contribution < -0.4 is 20.9 Å². The van der Waals surface area contributed by atoms with Crippen LogP contribution in [0.1, 0.15) is 10.4 Å². The number of nitro groups is 1. The monoisotopic (exact) mass is 395 g/mol. The number of rotatable bonds is 5. The molecule has 0 atom stereocenters. The molecule has 148 valence electrons. The second-order valence-electron chi connectivity index (χ2n) is 5.78. The second-order valence-corrected chi connectivity index (χ2v) is 5.78. The smallest absolute Gasteiger partial charge is 0.338 e. The van der Waals surface area contributed by atoms with Crippen LogP contribution in [0.25, 0.3) is 5.69 Å². The Bertz CT molecular complexity index is 1050. The number of ether oxygens (including phenoxy) is 1. The fourth-order valence-electron chi connectivity index (χ4n) is 2.62. The van der Waals surface area contributed by atoms with Gasteiger partial charge in [-0.3, -0.25) is 20.3 Å². The summed E-state index contributed by atoms with van der Waals surface area (Å²) in [6, 6.07) is 13.6. The number of benzene rings is 2. The van der Waals surface area contributed by atoms with Gasteiger partial charge in [-0.1, -0.05) is 12.1 Å². The lowest BCUT2D eigenvalue weighted by atomic mass is 10.1. The van der Waals surface area contributed by atoms with Crippen LogP contribution in [0.3, 0.4) is 0 Å². The van der Waals surface area contributed by atoms with E-state index in [9.17, 15) is 19.7 Å². The first-order valence-corrected chi connectivity index (χ1v) is 8.41. The molecule has 0 fully saturated rings. The van der Waals surface area contributed by atoms with E-state index in [-0.39, 0.29) is 17.1 Å². The average molecular weight is 395 g/mol. The van der Waals surface area contributed by atoms with Gasteiger partial charge in [-0.2, -0.15) is 0 Å². The van der Waals surface area contributed by atoms with Crippen LogP contribution in [0.4, 0.5) is 16.2 Å². The Labute approximate surface area is 165 Å². The average Bonchev–Trinajstić information content (AvgIpc) is 3.27. The van der Waals surface area contributed by atoms with Gasteiger partial charge in [0.05, 0.1) is 35.0 Å². The van der Waals surface area contributed by atoms with E-state index >= 15 is 0 Å². The molecular formula is C19H17N5O5. The van der Waals surface area contributed by atoms with Crippen LogP contribution in [-0.2, 0) is 0 Å². The fraction of sp³-hybridized carbons (Fsp3) is 0.0526. The lowest BCUT2D eigenvalue weighted by Crippen LogP contribution is -2.44. The van der Waals surface area contributed by atoms with E-state index in [1.54, 1.807) is 41.2 Å². The van der Waals surface area contributed by atoms with Gasteiger partial charge >= 0.3 is 6.03 Å². The quantitative estimate of drug-likeness (QED) is 0.452. The molecule has 0 saturated heterocycles. The maximum atomic E-state index is 12.5. The number of hydrazine groups is 1. The Morgan fingerprint density at radius 1 is 1.03 bits per heavy atom. The molecule has 0 aliphatic carbocycles. The number of nitrogens with one attached hydrogen (secondary N) is 3. The first kappa shape index (κ1) is 19.4. The van der Waals surface area contributed by atoms with Gasteiger partial charge in [0.1, 0.15) is 5.75 Å². The van der Waals surface area contributed by atoms with Crippen molar-refractivity contribution in [2.75, 3.05) is 12.4 Å². The van der Waals surface area contributed by atoms with Crippen molar-refractivity contribution in [2.24, 2.45) is 0 Å². The van der Waals surface area contributed by atoms with Gasteiger partial charge < -0.3 is 14.6 Å². The second kappa shape index (κ2) is 8.57. The summed E-state index contributed by atoms with van der Waals surface area (Å²) < 4.78 is 6.83. The molecule has 29 heavy (non-hydrogen) atoms. The van der Waals surface area contributed by atoms with E-state index in [2.05, 4.69) is 16.2 Å². The van der Waals surface area contributed by atoms with Gasteiger partial charge in [0, 0.05) is 18.5 Å². The van der Waals surface area contributed by atoms with E-state index in [1.165, 1.54) is 25.3 Å². The van der Waals surface area contributed by atoms with Gasteiger partial charge in [0.25, 0.3) is 11.6 Å². The van der Waals surface area contributed by atoms with Crippen molar-refractivity contribution >= 4 is 23.3 Å². The molecule has 10 heteroatoms. The van der Waals surface area contributed by atoms with E-state index in [4.69, 9.17) is 4.74 Å². The van der Waals surface area contributed by atoms with Crippen LogP contribution in [0.5, 0.6) is 5.75 Å². The highest BCUT2D eigenvalue weighted by Crippen LogP contribution is 2.28. The minimum absolute atomic E-state index is 0.110. The highest BCUT2D eigenvalue weighted by molar-refractivity contribution is 6.00. The number of urea groups is 1. The summed E-state index contributed by atoms with van der Waals surface area (Å²) in [5.41, 5.74) is 5.60. The molecule has 3 aromatic rings. The third-order valence-electron chi connectivity index (χ3n) is 3.96. The summed E-state index contributed by atoms with van der Waals surface area (Å²) in [5, 5.41) is 13.3. The van der Waals surface area contributed by atoms with E-state index in [1.807, 2.05) is 12.1 Å². The molecule has 0 aliphatic rings. The number of aromatic nitrogens is 1. The van der Waals surface area contributed by atoms with Crippen LogP contribution in [0, 0.1) is 10.1 Å². The number of carbonyl (C=O) groups is 2. The maximum absolute atomic E-state index is 12.5. The molecule has 0 saturated carbocycles. The number of amides is 3. The summed E-state index contributed by atoms with van der Waals surface area (Å²) in [6.45, 7) is 0. The van der Waals surface area contributed by atoms with Crippen LogP contribution in [-0.4, -0.2) is 28.5 Å². The molecule has 0 spiro atoms. The highest BCUT2D eigenvalue weighted by Gasteiger charge is 2.15. The van der Waals surface area contributed by atoms with Gasteiger partial charge in [-0.25, -0.2) is 10.2 Å². The molecule has 2 aromatic carbocycles. The van der Waals surface area contributed by atoms with Gasteiger partial charge in [-0.15, -0.1) is 0 Å². The molecule has 0 radical (unpaired) electrons. The lowest BCUT2D eigenvalue weighted by Gasteiger charge is -2.13. The van der Waals surface area contributed by atoms with Crippen molar-refractivity contribution in [1.29, 1.82) is 0 Å². The number of nitro benzene ring substituents is 1. The van der Waals surface area contributed by atoms with Crippen LogP contribution in [0.15, 0.2) is 67.0 Å². The normalized spacial score (nSPS) is 10.1. The molecule has 0 aliphatic heterocycles. The predicted octanol–water partition coefficient (Wildman–Crippen LogP) is 2.86. The lowest BCUT2D eigenvalue weighted by molar-refractivity contribution is -0.384.